The van der Waals surface area contributed by atoms with E-state index in [1.165, 1.54) is 40.2 Å². The molecule has 2 amide bonds. The molecular formula is C28H48N2O5S2. The molecular weight excluding hydrogens is 508 g/mol. The van der Waals surface area contributed by atoms with Crippen LogP contribution in [0, 0.1) is 0 Å². The van der Waals surface area contributed by atoms with Crippen molar-refractivity contribution in [2.24, 2.45) is 0 Å². The molecule has 0 aromatic heterocycles. The maximum absolute atomic E-state index is 12.8. The van der Waals surface area contributed by atoms with Gasteiger partial charge in [0.05, 0.1) is 0 Å². The van der Waals surface area contributed by atoms with Crippen LogP contribution < -0.4 is 10.6 Å². The highest BCUT2D eigenvalue weighted by Crippen LogP contribution is 2.14. The second-order valence-corrected chi connectivity index (χ2v) is 12.4. The van der Waals surface area contributed by atoms with Crippen LogP contribution in [-0.4, -0.2) is 64.3 Å². The Bertz CT molecular complexity index is 812. The predicted molar refractivity (Wildman–Crippen MR) is 158 cm³/mol. The number of alkyl carbamates (subject to hydrolysis) is 1. The summed E-state index contributed by atoms with van der Waals surface area (Å²) in [5, 5.41) is 14.8. The van der Waals surface area contributed by atoms with Crippen LogP contribution in [0.5, 0.6) is 0 Å². The van der Waals surface area contributed by atoms with Gasteiger partial charge in [0.2, 0.25) is 5.91 Å². The van der Waals surface area contributed by atoms with Gasteiger partial charge in [0.25, 0.3) is 0 Å². The molecule has 3 N–H and O–H groups in total. The molecule has 0 aliphatic carbocycles. The summed E-state index contributed by atoms with van der Waals surface area (Å²) >= 11 is 2.99. The van der Waals surface area contributed by atoms with E-state index in [4.69, 9.17) is 4.74 Å². The number of rotatable bonds is 17. The first-order valence-corrected chi connectivity index (χ1v) is 15.3. The average Bonchev–Trinajstić information content (AvgIpc) is 2.76. The number of carboxylic acid groups (broad SMARTS) is 1. The van der Waals surface area contributed by atoms with Crippen molar-refractivity contribution in [2.75, 3.05) is 23.5 Å². The molecule has 0 aliphatic heterocycles. The van der Waals surface area contributed by atoms with E-state index in [-0.39, 0.29) is 5.75 Å². The van der Waals surface area contributed by atoms with Crippen molar-refractivity contribution in [3.63, 3.8) is 0 Å². The molecule has 0 fully saturated rings. The maximum Gasteiger partial charge on any atom is 0.408 e. The first-order chi connectivity index (χ1) is 17.2. The minimum Gasteiger partial charge on any atom is -0.480 e. The molecule has 0 rings (SSSR count). The minimum absolute atomic E-state index is 0.232. The topological polar surface area (TPSA) is 105 Å². The lowest BCUT2D eigenvalue weighted by Gasteiger charge is -2.24. The highest BCUT2D eigenvalue weighted by Gasteiger charge is 2.28. The zero-order valence-electron chi connectivity index (χ0n) is 23.9. The van der Waals surface area contributed by atoms with Crippen LogP contribution in [0.2, 0.25) is 0 Å². The van der Waals surface area contributed by atoms with Crippen LogP contribution in [-0.2, 0) is 14.3 Å². The monoisotopic (exact) mass is 556 g/mol. The molecule has 0 spiro atoms. The Morgan fingerprint density at radius 2 is 1.51 bits per heavy atom. The van der Waals surface area contributed by atoms with Crippen molar-refractivity contribution in [2.45, 2.75) is 98.3 Å². The largest absolute Gasteiger partial charge is 0.480 e. The van der Waals surface area contributed by atoms with Crippen LogP contribution >= 0.6 is 23.5 Å². The Hall–Kier alpha value is -1.87. The van der Waals surface area contributed by atoms with Gasteiger partial charge in [-0.2, -0.15) is 23.5 Å². The first kappa shape index (κ1) is 35.1. The lowest BCUT2D eigenvalue weighted by molar-refractivity contribution is -0.141. The Morgan fingerprint density at radius 3 is 2.05 bits per heavy atom. The maximum atomic E-state index is 12.8. The van der Waals surface area contributed by atoms with Gasteiger partial charge in [-0.1, -0.05) is 34.9 Å². The van der Waals surface area contributed by atoms with Crippen molar-refractivity contribution in [1.82, 2.24) is 10.6 Å². The van der Waals surface area contributed by atoms with Crippen LogP contribution in [0.15, 0.2) is 34.9 Å². The van der Waals surface area contributed by atoms with Crippen molar-refractivity contribution in [3.05, 3.63) is 34.9 Å². The number of carbonyl (C=O) groups is 3. The third-order valence-corrected chi connectivity index (χ3v) is 6.80. The molecule has 0 saturated heterocycles. The van der Waals surface area contributed by atoms with Gasteiger partial charge in [0, 0.05) is 11.5 Å². The molecule has 0 saturated carbocycles. The summed E-state index contributed by atoms with van der Waals surface area (Å²) in [5.41, 5.74) is 3.31. The molecule has 0 unspecified atom stereocenters. The molecule has 0 aromatic rings. The quantitative estimate of drug-likeness (QED) is 0.142. The zero-order valence-corrected chi connectivity index (χ0v) is 25.6. The number of amides is 2. The van der Waals surface area contributed by atoms with Crippen molar-refractivity contribution in [3.8, 4) is 0 Å². The van der Waals surface area contributed by atoms with Crippen molar-refractivity contribution in [1.29, 1.82) is 0 Å². The van der Waals surface area contributed by atoms with E-state index in [9.17, 15) is 19.5 Å². The molecule has 212 valence electrons. The van der Waals surface area contributed by atoms with E-state index >= 15 is 0 Å². The van der Waals surface area contributed by atoms with Crippen molar-refractivity contribution >= 4 is 41.5 Å². The number of hydrogen-bond donors (Lipinski definition) is 3. The number of carbonyl (C=O) groups excluding carboxylic acids is 2. The highest BCUT2D eigenvalue weighted by molar-refractivity contribution is 7.99. The van der Waals surface area contributed by atoms with Crippen LogP contribution in [0.3, 0.4) is 0 Å². The fourth-order valence-electron chi connectivity index (χ4n) is 3.13. The lowest BCUT2D eigenvalue weighted by Crippen LogP contribution is -2.53. The number of hydrogen-bond acceptors (Lipinski definition) is 6. The van der Waals surface area contributed by atoms with Gasteiger partial charge >= 0.3 is 12.1 Å². The zero-order chi connectivity index (χ0) is 28.4. The minimum atomic E-state index is -1.10. The Morgan fingerprint density at radius 1 is 0.919 bits per heavy atom. The second kappa shape index (κ2) is 19.2. The molecule has 2 atom stereocenters. The fourth-order valence-corrected chi connectivity index (χ4v) is 4.60. The highest BCUT2D eigenvalue weighted by atomic mass is 32.2. The Labute approximate surface area is 232 Å². The summed E-state index contributed by atoms with van der Waals surface area (Å²) in [6, 6.07) is -1.91. The summed E-state index contributed by atoms with van der Waals surface area (Å²) in [4.78, 5) is 36.7. The summed E-state index contributed by atoms with van der Waals surface area (Å²) in [5.74, 6) is -0.0896. The fraction of sp³-hybridized carbons (Fsp3) is 0.679. The summed E-state index contributed by atoms with van der Waals surface area (Å²) in [7, 11) is 0. The van der Waals surface area contributed by atoms with Gasteiger partial charge in [-0.3, -0.25) is 4.79 Å². The number of thioether (sulfide) groups is 2. The number of nitrogens with one attached hydrogen (secondary N) is 2. The third kappa shape index (κ3) is 19.9. The predicted octanol–water partition coefficient (Wildman–Crippen LogP) is 6.35. The molecule has 37 heavy (non-hydrogen) atoms. The van der Waals surface area contributed by atoms with Crippen molar-refractivity contribution < 1.29 is 24.2 Å². The smallest absolute Gasteiger partial charge is 0.408 e. The van der Waals surface area contributed by atoms with Crippen LogP contribution in [0.25, 0.3) is 0 Å². The number of carboxylic acids is 1. The number of aliphatic carboxylic acids is 1. The molecule has 7 nitrogen and oxygen atoms in total. The first-order valence-electron chi connectivity index (χ1n) is 12.8. The molecule has 0 aliphatic rings. The standard InChI is InChI=1S/C28H48N2O5S2/c1-20(2)11-9-12-21(3)13-10-14-22(4)15-18-37-19-24(26(32)33)29-25(31)23(16-17-36-8)30-27(34)35-28(5,6)7/h11,13,15,23-24H,9-10,12,14,16-19H2,1-8H3,(H,29,31)(H,30,34)(H,32,33)/b21-13+,22-15+/t23-,24-/m0/s1. The lowest BCUT2D eigenvalue weighted by atomic mass is 10.1. The number of ether oxygens (including phenoxy) is 1. The third-order valence-electron chi connectivity index (χ3n) is 5.19. The van der Waals surface area contributed by atoms with Gasteiger partial charge in [-0.25, -0.2) is 9.59 Å². The van der Waals surface area contributed by atoms with Gasteiger partial charge in [0.15, 0.2) is 0 Å². The summed E-state index contributed by atoms with van der Waals surface area (Å²) in [6.07, 6.45) is 12.3. The summed E-state index contributed by atoms with van der Waals surface area (Å²) in [6.45, 7) is 13.7. The molecule has 0 aromatic carbocycles. The second-order valence-electron chi connectivity index (χ2n) is 10.4. The number of allylic oxidation sites excluding steroid dienone is 5. The van der Waals surface area contributed by atoms with Crippen LogP contribution in [0.4, 0.5) is 4.79 Å². The SMILES string of the molecule is CSCC[C@H](NC(=O)OC(C)(C)C)C(=O)N[C@@H](CSC/C=C(\C)CC/C=C(\C)CCC=C(C)C)C(=O)O. The average molecular weight is 557 g/mol. The van der Waals surface area contributed by atoms with E-state index in [0.29, 0.717) is 17.9 Å². The van der Waals surface area contributed by atoms with E-state index in [1.54, 1.807) is 20.8 Å². The normalized spacial score (nSPS) is 13.9. The van der Waals surface area contributed by atoms with Gasteiger partial charge in [0.1, 0.15) is 17.7 Å². The van der Waals surface area contributed by atoms with Gasteiger partial charge < -0.3 is 20.5 Å². The molecule has 0 heterocycles. The van der Waals surface area contributed by atoms with Gasteiger partial charge in [-0.05, 0) is 92.6 Å². The molecule has 9 heteroatoms. The van der Waals surface area contributed by atoms with E-state index in [1.807, 2.05) is 6.26 Å². The van der Waals surface area contributed by atoms with E-state index in [2.05, 4.69) is 56.6 Å². The van der Waals surface area contributed by atoms with Gasteiger partial charge in [-0.15, -0.1) is 0 Å². The van der Waals surface area contributed by atoms with E-state index < -0.39 is 35.7 Å². The Balaban J connectivity index is 4.73. The molecule has 0 bridgehead atoms. The van der Waals surface area contributed by atoms with Crippen LogP contribution in [0.1, 0.15) is 80.6 Å². The van der Waals surface area contributed by atoms with E-state index in [0.717, 1.165) is 25.7 Å². The summed E-state index contributed by atoms with van der Waals surface area (Å²) < 4.78 is 5.25. The molecule has 0 radical (unpaired) electrons. The Kier molecular flexibility index (Phi) is 18.3.